The average Bonchev–Trinajstić information content (AvgIpc) is 2.84. The fourth-order valence-corrected chi connectivity index (χ4v) is 3.91. The molecule has 0 spiro atoms. The van der Waals surface area contributed by atoms with E-state index in [0.29, 0.717) is 50.5 Å². The van der Waals surface area contributed by atoms with Crippen molar-refractivity contribution in [3.8, 4) is 0 Å². The number of aryl methyl sites for hydroxylation is 1. The Morgan fingerprint density at radius 3 is 2.59 bits per heavy atom. The number of nitrogens with zero attached hydrogens (tertiary/aromatic N) is 1. The fraction of sp³-hybridized carbons (Fsp3) is 0.423. The zero-order valence-corrected chi connectivity index (χ0v) is 19.9. The maximum atomic E-state index is 12.9. The van der Waals surface area contributed by atoms with Crippen molar-refractivity contribution in [2.45, 2.75) is 33.1 Å². The number of urea groups is 1. The smallest absolute Gasteiger partial charge is 0.321 e. The van der Waals surface area contributed by atoms with Crippen LogP contribution >= 0.6 is 0 Å². The summed E-state index contributed by atoms with van der Waals surface area (Å²) in [5.74, 6) is -0.653. The van der Waals surface area contributed by atoms with Gasteiger partial charge in [0.25, 0.3) is 5.91 Å². The van der Waals surface area contributed by atoms with E-state index in [1.807, 2.05) is 38.1 Å². The molecule has 3 N–H and O–H groups in total. The molecule has 0 saturated carbocycles. The Balaban J connectivity index is 1.52. The predicted octanol–water partition coefficient (Wildman–Crippen LogP) is 4.03. The molecule has 1 heterocycles. The normalized spacial score (nSPS) is 15.5. The second-order valence-electron chi connectivity index (χ2n) is 8.46. The highest BCUT2D eigenvalue weighted by molar-refractivity contribution is 5.98. The summed E-state index contributed by atoms with van der Waals surface area (Å²) in [4.78, 5) is 39.7. The first-order valence-corrected chi connectivity index (χ1v) is 11.9. The molecule has 4 amide bonds. The molecule has 0 aliphatic carbocycles. The average molecular weight is 467 g/mol. The monoisotopic (exact) mass is 466 g/mol. The van der Waals surface area contributed by atoms with Crippen LogP contribution in [0.25, 0.3) is 0 Å². The Labute approximate surface area is 201 Å². The van der Waals surface area contributed by atoms with Crippen molar-refractivity contribution in [1.82, 2.24) is 10.2 Å². The number of amides is 4. The zero-order chi connectivity index (χ0) is 24.3. The highest BCUT2D eigenvalue weighted by Crippen LogP contribution is 2.21. The topological polar surface area (TPSA) is 99.8 Å². The lowest BCUT2D eigenvalue weighted by atomic mass is 9.97. The van der Waals surface area contributed by atoms with Gasteiger partial charge in [-0.3, -0.25) is 9.59 Å². The number of nitrogens with one attached hydrogen (secondary N) is 3. The highest BCUT2D eigenvalue weighted by atomic mass is 16.5. The van der Waals surface area contributed by atoms with Crippen molar-refractivity contribution in [2.75, 3.05) is 43.5 Å². The summed E-state index contributed by atoms with van der Waals surface area (Å²) >= 11 is 0. The van der Waals surface area contributed by atoms with Crippen molar-refractivity contribution in [2.24, 2.45) is 5.92 Å². The SMILES string of the molecule is CCOCCCNC(=O)c1cccc(NC(=O)C2CCCN(C(=O)Nc3cccc(C)c3)C2)c1. The van der Waals surface area contributed by atoms with Crippen LogP contribution in [0.15, 0.2) is 48.5 Å². The number of rotatable bonds is 9. The summed E-state index contributed by atoms with van der Waals surface area (Å²) in [7, 11) is 0. The van der Waals surface area contributed by atoms with Crippen LogP contribution in [-0.2, 0) is 9.53 Å². The van der Waals surface area contributed by atoms with E-state index in [1.165, 1.54) is 0 Å². The number of hydrogen-bond donors (Lipinski definition) is 3. The second-order valence-corrected chi connectivity index (χ2v) is 8.46. The van der Waals surface area contributed by atoms with Crippen LogP contribution in [-0.4, -0.2) is 55.6 Å². The number of carbonyl (C=O) groups excluding carboxylic acids is 3. The van der Waals surface area contributed by atoms with Crippen LogP contribution < -0.4 is 16.0 Å². The number of likely N-dealkylation sites (tertiary alicyclic amines) is 1. The summed E-state index contributed by atoms with van der Waals surface area (Å²) in [6.45, 7) is 6.66. The molecule has 1 atom stereocenters. The van der Waals surface area contributed by atoms with Gasteiger partial charge in [0.2, 0.25) is 5.91 Å². The first-order chi connectivity index (χ1) is 16.5. The van der Waals surface area contributed by atoms with Crippen molar-refractivity contribution >= 4 is 29.2 Å². The second kappa shape index (κ2) is 12.7. The van der Waals surface area contributed by atoms with E-state index in [9.17, 15) is 14.4 Å². The molecule has 1 fully saturated rings. The number of anilines is 2. The number of piperidine rings is 1. The quantitative estimate of drug-likeness (QED) is 0.486. The van der Waals surface area contributed by atoms with Gasteiger partial charge < -0.3 is 25.6 Å². The summed E-state index contributed by atoms with van der Waals surface area (Å²) in [5.41, 5.74) is 2.85. The van der Waals surface area contributed by atoms with E-state index in [2.05, 4.69) is 16.0 Å². The molecule has 1 aliphatic rings. The maximum absolute atomic E-state index is 12.9. The van der Waals surface area contributed by atoms with Gasteiger partial charge in [0, 0.05) is 49.8 Å². The lowest BCUT2D eigenvalue weighted by Crippen LogP contribution is -2.45. The van der Waals surface area contributed by atoms with Gasteiger partial charge in [-0.2, -0.15) is 0 Å². The molecule has 2 aromatic carbocycles. The van der Waals surface area contributed by atoms with Crippen LogP contribution in [0.4, 0.5) is 16.2 Å². The van der Waals surface area contributed by atoms with E-state index in [0.717, 1.165) is 24.1 Å². The Morgan fingerprint density at radius 2 is 1.82 bits per heavy atom. The third kappa shape index (κ3) is 7.59. The van der Waals surface area contributed by atoms with Gasteiger partial charge >= 0.3 is 6.03 Å². The summed E-state index contributed by atoms with van der Waals surface area (Å²) < 4.78 is 5.27. The molecule has 0 aromatic heterocycles. The summed E-state index contributed by atoms with van der Waals surface area (Å²) in [6.07, 6.45) is 2.20. The van der Waals surface area contributed by atoms with Crippen LogP contribution in [0.5, 0.6) is 0 Å². The predicted molar refractivity (Wildman–Crippen MR) is 133 cm³/mol. The van der Waals surface area contributed by atoms with Gasteiger partial charge in [-0.15, -0.1) is 0 Å². The summed E-state index contributed by atoms with van der Waals surface area (Å²) in [5, 5.41) is 8.68. The van der Waals surface area contributed by atoms with Crippen LogP contribution in [0.1, 0.15) is 42.1 Å². The largest absolute Gasteiger partial charge is 0.382 e. The van der Waals surface area contributed by atoms with E-state index in [1.54, 1.807) is 29.2 Å². The van der Waals surface area contributed by atoms with Gasteiger partial charge in [-0.25, -0.2) is 4.79 Å². The lowest BCUT2D eigenvalue weighted by molar-refractivity contribution is -0.121. The van der Waals surface area contributed by atoms with Crippen molar-refractivity contribution in [1.29, 1.82) is 0 Å². The van der Waals surface area contributed by atoms with Crippen LogP contribution in [0.2, 0.25) is 0 Å². The first-order valence-electron chi connectivity index (χ1n) is 11.9. The molecular formula is C26H34N4O4. The Kier molecular flexibility index (Phi) is 9.46. The fourth-order valence-electron chi connectivity index (χ4n) is 3.91. The Hall–Kier alpha value is -3.39. The summed E-state index contributed by atoms with van der Waals surface area (Å²) in [6, 6.07) is 14.3. The van der Waals surface area contributed by atoms with Gasteiger partial charge in [0.15, 0.2) is 0 Å². The Morgan fingerprint density at radius 1 is 1.06 bits per heavy atom. The van der Waals surface area contributed by atoms with Crippen LogP contribution in [0, 0.1) is 12.8 Å². The third-order valence-electron chi connectivity index (χ3n) is 5.70. The lowest BCUT2D eigenvalue weighted by Gasteiger charge is -2.32. The molecule has 1 aliphatic heterocycles. The molecule has 8 heteroatoms. The minimum absolute atomic E-state index is 0.151. The number of carbonyl (C=O) groups is 3. The number of hydrogen-bond acceptors (Lipinski definition) is 4. The molecule has 182 valence electrons. The van der Waals surface area contributed by atoms with Crippen LogP contribution in [0.3, 0.4) is 0 Å². The molecular weight excluding hydrogens is 432 g/mol. The first kappa shape index (κ1) is 25.2. The molecule has 0 bridgehead atoms. The molecule has 0 radical (unpaired) electrons. The minimum atomic E-state index is -0.312. The van der Waals surface area contributed by atoms with Crippen molar-refractivity contribution < 1.29 is 19.1 Å². The van der Waals surface area contributed by atoms with E-state index in [4.69, 9.17) is 4.74 Å². The standard InChI is InChI=1S/C26H34N4O4/c1-3-34-15-7-13-27-24(31)20-9-5-12-23(17-20)28-25(32)21-10-6-14-30(18-21)26(33)29-22-11-4-8-19(2)16-22/h4-5,8-9,11-12,16-17,21H,3,6-7,10,13-15,18H2,1-2H3,(H,27,31)(H,28,32)(H,29,33). The van der Waals surface area contributed by atoms with E-state index in [-0.39, 0.29) is 23.8 Å². The third-order valence-corrected chi connectivity index (χ3v) is 5.70. The van der Waals surface area contributed by atoms with Crippen molar-refractivity contribution in [3.05, 3.63) is 59.7 Å². The number of benzene rings is 2. The molecule has 3 rings (SSSR count). The Bertz CT molecular complexity index is 994. The maximum Gasteiger partial charge on any atom is 0.321 e. The molecule has 2 aromatic rings. The van der Waals surface area contributed by atoms with Gasteiger partial charge in [-0.05, 0) is 69.0 Å². The minimum Gasteiger partial charge on any atom is -0.382 e. The van der Waals surface area contributed by atoms with Crippen molar-refractivity contribution in [3.63, 3.8) is 0 Å². The zero-order valence-electron chi connectivity index (χ0n) is 19.9. The molecule has 1 saturated heterocycles. The molecule has 8 nitrogen and oxygen atoms in total. The van der Waals surface area contributed by atoms with E-state index < -0.39 is 0 Å². The molecule has 34 heavy (non-hydrogen) atoms. The van der Waals surface area contributed by atoms with E-state index >= 15 is 0 Å². The van der Waals surface area contributed by atoms with Gasteiger partial charge in [0.05, 0.1) is 5.92 Å². The number of ether oxygens (including phenoxy) is 1. The molecule has 1 unspecified atom stereocenters. The van der Waals surface area contributed by atoms with Gasteiger partial charge in [-0.1, -0.05) is 18.2 Å². The van der Waals surface area contributed by atoms with Gasteiger partial charge in [0.1, 0.15) is 0 Å². The highest BCUT2D eigenvalue weighted by Gasteiger charge is 2.28.